The van der Waals surface area contributed by atoms with Crippen molar-refractivity contribution >= 4 is 5.91 Å². The summed E-state index contributed by atoms with van der Waals surface area (Å²) in [6.07, 6.45) is 2.49. The fraction of sp³-hybridized carbons (Fsp3) is 0.286. The highest BCUT2D eigenvalue weighted by atomic mass is 16.5. The van der Waals surface area contributed by atoms with Crippen LogP contribution >= 0.6 is 0 Å². The molecule has 0 unspecified atom stereocenters. The predicted octanol–water partition coefficient (Wildman–Crippen LogP) is 1.39. The van der Waals surface area contributed by atoms with Crippen LogP contribution in [0.4, 0.5) is 0 Å². The molecule has 0 radical (unpaired) electrons. The third kappa shape index (κ3) is 2.59. The molecule has 3 rings (SSSR count). The van der Waals surface area contributed by atoms with Crippen LogP contribution in [-0.2, 0) is 6.42 Å². The fourth-order valence-corrected chi connectivity index (χ4v) is 2.24. The molecule has 0 saturated carbocycles. The summed E-state index contributed by atoms with van der Waals surface area (Å²) < 4.78 is 5.69. The molecule has 1 amide bonds. The molecule has 1 aromatic carbocycles. The lowest BCUT2D eigenvalue weighted by Gasteiger charge is -2.25. The molecule has 0 fully saturated rings. The Labute approximate surface area is 111 Å². The number of ether oxygens (including phenoxy) is 1. The minimum atomic E-state index is -0.128. The third-order valence-electron chi connectivity index (χ3n) is 3.25. The Morgan fingerprint density at radius 1 is 1.42 bits per heavy atom. The van der Waals surface area contributed by atoms with Crippen LogP contribution in [0.2, 0.25) is 0 Å². The normalized spacial score (nSPS) is 17.4. The van der Waals surface area contributed by atoms with Crippen molar-refractivity contribution < 1.29 is 9.53 Å². The van der Waals surface area contributed by atoms with Gasteiger partial charge in [0.25, 0.3) is 5.91 Å². The molecular formula is C14H15N3O2. The molecule has 0 saturated heterocycles. The van der Waals surface area contributed by atoms with Gasteiger partial charge in [0.05, 0.1) is 6.61 Å². The average Bonchev–Trinajstić information content (AvgIpc) is 2.99. The molecule has 0 spiro atoms. The lowest BCUT2D eigenvalue weighted by Crippen LogP contribution is -2.34. The first-order valence-electron chi connectivity index (χ1n) is 6.31. The summed E-state index contributed by atoms with van der Waals surface area (Å²) in [6, 6.07) is 9.68. The van der Waals surface area contributed by atoms with Crippen molar-refractivity contribution in [3.05, 3.63) is 47.8 Å². The number of carbonyl (C=O) groups excluding carboxylic acids is 1. The lowest BCUT2D eigenvalue weighted by molar-refractivity contribution is 0.0934. The number of hydrogen-bond acceptors (Lipinski definition) is 3. The number of H-pyrrole nitrogens is 1. The summed E-state index contributed by atoms with van der Waals surface area (Å²) in [6.45, 7) is 1.24. The second-order valence-corrected chi connectivity index (χ2v) is 4.67. The smallest absolute Gasteiger partial charge is 0.269 e. The van der Waals surface area contributed by atoms with Crippen LogP contribution in [0.3, 0.4) is 0 Å². The Hall–Kier alpha value is -2.30. The first kappa shape index (κ1) is 11.8. The highest BCUT2D eigenvalue weighted by Crippen LogP contribution is 2.26. The second-order valence-electron chi connectivity index (χ2n) is 4.67. The van der Waals surface area contributed by atoms with Crippen LogP contribution in [0.25, 0.3) is 0 Å². The van der Waals surface area contributed by atoms with E-state index in [9.17, 15) is 4.79 Å². The van der Waals surface area contributed by atoms with E-state index in [0.717, 1.165) is 12.2 Å². The molecule has 1 aliphatic rings. The first-order valence-corrected chi connectivity index (χ1v) is 6.31. The second kappa shape index (κ2) is 5.14. The molecule has 19 heavy (non-hydrogen) atoms. The van der Waals surface area contributed by atoms with Crippen molar-refractivity contribution in [2.45, 2.75) is 6.42 Å². The average molecular weight is 257 g/mol. The van der Waals surface area contributed by atoms with Gasteiger partial charge in [-0.1, -0.05) is 18.2 Å². The van der Waals surface area contributed by atoms with Gasteiger partial charge in [-0.15, -0.1) is 0 Å². The largest absolute Gasteiger partial charge is 0.493 e. The van der Waals surface area contributed by atoms with E-state index in [-0.39, 0.29) is 5.91 Å². The zero-order chi connectivity index (χ0) is 13.1. The van der Waals surface area contributed by atoms with E-state index in [1.807, 2.05) is 18.2 Å². The Balaban J connectivity index is 1.57. The summed E-state index contributed by atoms with van der Waals surface area (Å²) in [5.41, 5.74) is 1.69. The quantitative estimate of drug-likeness (QED) is 0.873. The molecule has 0 aliphatic carbocycles. The number of aromatic nitrogens is 2. The topological polar surface area (TPSA) is 67.0 Å². The zero-order valence-electron chi connectivity index (χ0n) is 10.4. The fourth-order valence-electron chi connectivity index (χ4n) is 2.24. The summed E-state index contributed by atoms with van der Waals surface area (Å²) >= 11 is 0. The minimum Gasteiger partial charge on any atom is -0.493 e. The molecule has 2 N–H and O–H groups in total. The maximum Gasteiger partial charge on any atom is 0.269 e. The van der Waals surface area contributed by atoms with E-state index in [4.69, 9.17) is 4.74 Å². The number of amides is 1. The summed E-state index contributed by atoms with van der Waals surface area (Å²) in [7, 11) is 0. The van der Waals surface area contributed by atoms with Crippen molar-refractivity contribution in [1.29, 1.82) is 0 Å². The Morgan fingerprint density at radius 3 is 3.16 bits per heavy atom. The highest BCUT2D eigenvalue weighted by molar-refractivity contribution is 5.92. The summed E-state index contributed by atoms with van der Waals surface area (Å²) in [5.74, 6) is 1.14. The number of para-hydroxylation sites is 1. The van der Waals surface area contributed by atoms with Crippen LogP contribution < -0.4 is 10.1 Å². The molecule has 2 heterocycles. The van der Waals surface area contributed by atoms with E-state index in [1.165, 1.54) is 5.56 Å². The number of rotatable bonds is 3. The number of nitrogens with zero attached hydrogens (tertiary/aromatic N) is 1. The van der Waals surface area contributed by atoms with Gasteiger partial charge in [0.2, 0.25) is 0 Å². The van der Waals surface area contributed by atoms with Crippen molar-refractivity contribution in [3.8, 4) is 5.75 Å². The van der Waals surface area contributed by atoms with E-state index >= 15 is 0 Å². The Kier molecular flexibility index (Phi) is 3.18. The van der Waals surface area contributed by atoms with Crippen molar-refractivity contribution in [1.82, 2.24) is 15.5 Å². The predicted molar refractivity (Wildman–Crippen MR) is 70.1 cm³/mol. The summed E-state index contributed by atoms with van der Waals surface area (Å²) in [5, 5.41) is 9.30. The first-order chi connectivity index (χ1) is 9.33. The monoisotopic (exact) mass is 257 g/mol. The number of aromatic amines is 1. The highest BCUT2D eigenvalue weighted by Gasteiger charge is 2.20. The number of carbonyl (C=O) groups is 1. The minimum absolute atomic E-state index is 0.128. The zero-order valence-corrected chi connectivity index (χ0v) is 10.4. The molecule has 1 aromatic heterocycles. The van der Waals surface area contributed by atoms with Gasteiger partial charge in [0.1, 0.15) is 11.4 Å². The van der Waals surface area contributed by atoms with Crippen LogP contribution in [0.15, 0.2) is 36.5 Å². The number of nitrogens with one attached hydrogen (secondary N) is 2. The standard InChI is InChI=1S/C14H15N3O2/c18-14(12-5-6-16-17-12)15-8-10-7-11-3-1-2-4-13(11)19-9-10/h1-6,10H,7-9H2,(H,15,18)(H,16,17)/t10-/m1/s1. The molecule has 1 aliphatic heterocycles. The van der Waals surface area contributed by atoms with E-state index in [2.05, 4.69) is 21.6 Å². The van der Waals surface area contributed by atoms with E-state index < -0.39 is 0 Å². The van der Waals surface area contributed by atoms with Gasteiger partial charge in [-0.3, -0.25) is 9.89 Å². The Morgan fingerprint density at radius 2 is 2.32 bits per heavy atom. The van der Waals surface area contributed by atoms with Crippen LogP contribution in [0.5, 0.6) is 5.75 Å². The molecule has 98 valence electrons. The number of fused-ring (bicyclic) bond motifs is 1. The Bertz CT molecular complexity index is 566. The van der Waals surface area contributed by atoms with Crippen LogP contribution in [-0.4, -0.2) is 29.3 Å². The van der Waals surface area contributed by atoms with E-state index in [0.29, 0.717) is 24.8 Å². The molecule has 1 atom stereocenters. The van der Waals surface area contributed by atoms with E-state index in [1.54, 1.807) is 12.3 Å². The maximum atomic E-state index is 11.8. The molecular weight excluding hydrogens is 242 g/mol. The van der Waals surface area contributed by atoms with Crippen molar-refractivity contribution in [3.63, 3.8) is 0 Å². The number of benzene rings is 1. The van der Waals surface area contributed by atoms with Gasteiger partial charge in [-0.2, -0.15) is 5.10 Å². The van der Waals surface area contributed by atoms with Crippen LogP contribution in [0, 0.1) is 5.92 Å². The van der Waals surface area contributed by atoms with Gasteiger partial charge in [-0.25, -0.2) is 0 Å². The van der Waals surface area contributed by atoms with Gasteiger partial charge in [0.15, 0.2) is 0 Å². The van der Waals surface area contributed by atoms with Crippen LogP contribution in [0.1, 0.15) is 16.1 Å². The van der Waals surface area contributed by atoms with Gasteiger partial charge < -0.3 is 10.1 Å². The lowest BCUT2D eigenvalue weighted by atomic mass is 9.97. The van der Waals surface area contributed by atoms with Crippen molar-refractivity contribution in [2.24, 2.45) is 5.92 Å². The molecule has 0 bridgehead atoms. The van der Waals surface area contributed by atoms with Gasteiger partial charge >= 0.3 is 0 Å². The van der Waals surface area contributed by atoms with Gasteiger partial charge in [0, 0.05) is 18.7 Å². The maximum absolute atomic E-state index is 11.8. The molecule has 5 heteroatoms. The SMILES string of the molecule is O=C(NC[C@@H]1COc2ccccc2C1)c1ccn[nH]1. The van der Waals surface area contributed by atoms with Gasteiger partial charge in [-0.05, 0) is 24.1 Å². The number of hydrogen-bond donors (Lipinski definition) is 2. The summed E-state index contributed by atoms with van der Waals surface area (Å²) in [4.78, 5) is 11.8. The van der Waals surface area contributed by atoms with Crippen molar-refractivity contribution in [2.75, 3.05) is 13.2 Å². The third-order valence-corrected chi connectivity index (χ3v) is 3.25. The molecule has 2 aromatic rings. The molecule has 5 nitrogen and oxygen atoms in total.